The van der Waals surface area contributed by atoms with Gasteiger partial charge in [0.25, 0.3) is 0 Å². The molecule has 0 bridgehead atoms. The second kappa shape index (κ2) is 11.4. The first kappa shape index (κ1) is 22.6. The Morgan fingerprint density at radius 1 is 1.00 bits per heavy atom. The van der Waals surface area contributed by atoms with E-state index in [0.717, 1.165) is 45.0 Å². The van der Waals surface area contributed by atoms with Crippen LogP contribution in [-0.2, 0) is 13.1 Å². The van der Waals surface area contributed by atoms with Gasteiger partial charge in [0.15, 0.2) is 5.96 Å². The van der Waals surface area contributed by atoms with Crippen molar-refractivity contribution in [1.82, 2.24) is 9.80 Å². The smallest absolute Gasteiger partial charge is 0.193 e. The number of nitrogens with zero attached hydrogens (tertiary/aromatic N) is 3. The summed E-state index contributed by atoms with van der Waals surface area (Å²) in [6, 6.07) is 16.7. The molecule has 0 unspecified atom stereocenters. The van der Waals surface area contributed by atoms with Crippen LogP contribution in [0.3, 0.4) is 0 Å². The zero-order valence-electron chi connectivity index (χ0n) is 16.9. The van der Waals surface area contributed by atoms with Gasteiger partial charge in [0.05, 0.1) is 6.54 Å². The third-order valence-corrected chi connectivity index (χ3v) is 5.13. The van der Waals surface area contributed by atoms with Crippen molar-refractivity contribution in [2.24, 2.45) is 10.7 Å². The zero-order chi connectivity index (χ0) is 19.1. The largest absolute Gasteiger partial charge is 0.370 e. The molecule has 2 aromatic rings. The first-order valence-electron chi connectivity index (χ1n) is 9.79. The summed E-state index contributed by atoms with van der Waals surface area (Å²) in [5.74, 6) is 0.451. The molecule has 1 aliphatic heterocycles. The molecule has 0 saturated carbocycles. The number of hydrogen-bond donors (Lipinski definition) is 2. The fourth-order valence-electron chi connectivity index (χ4n) is 3.45. The Morgan fingerprint density at radius 2 is 1.68 bits per heavy atom. The third kappa shape index (κ3) is 6.76. The van der Waals surface area contributed by atoms with Crippen molar-refractivity contribution < 1.29 is 0 Å². The maximum Gasteiger partial charge on any atom is 0.193 e. The molecule has 0 spiro atoms. The van der Waals surface area contributed by atoms with Gasteiger partial charge in [-0.15, -0.1) is 24.0 Å². The Bertz CT molecular complexity index is 769. The highest BCUT2D eigenvalue weighted by Gasteiger charge is 2.16. The molecule has 6 heteroatoms. The number of piperazine rings is 1. The van der Waals surface area contributed by atoms with Gasteiger partial charge in [-0.05, 0) is 42.3 Å². The van der Waals surface area contributed by atoms with Crippen molar-refractivity contribution in [1.29, 1.82) is 0 Å². The molecule has 0 aliphatic carbocycles. The maximum absolute atomic E-state index is 6.09. The molecule has 152 valence electrons. The lowest BCUT2D eigenvalue weighted by molar-refractivity contribution is 0.131. The lowest BCUT2D eigenvalue weighted by Gasteiger charge is -2.34. The number of nitrogens with two attached hydrogens (primary N) is 1. The molecule has 1 fully saturated rings. The minimum absolute atomic E-state index is 0. The average Bonchev–Trinajstić information content (AvgIpc) is 2.68. The number of likely N-dealkylation sites (N-methyl/N-ethyl adjacent to an activating group) is 1. The lowest BCUT2D eigenvalue weighted by Crippen LogP contribution is -2.45. The van der Waals surface area contributed by atoms with E-state index in [1.165, 1.54) is 16.7 Å². The van der Waals surface area contributed by atoms with Crippen LogP contribution in [0.2, 0.25) is 0 Å². The summed E-state index contributed by atoms with van der Waals surface area (Å²) in [4.78, 5) is 9.59. The minimum Gasteiger partial charge on any atom is -0.370 e. The lowest BCUT2D eigenvalue weighted by atomic mass is 10.1. The van der Waals surface area contributed by atoms with E-state index in [4.69, 9.17) is 5.73 Å². The molecule has 1 aliphatic rings. The summed E-state index contributed by atoms with van der Waals surface area (Å²) >= 11 is 0. The van der Waals surface area contributed by atoms with E-state index >= 15 is 0 Å². The Balaban J connectivity index is 0.00000280. The Labute approximate surface area is 186 Å². The van der Waals surface area contributed by atoms with Crippen LogP contribution < -0.4 is 11.1 Å². The molecule has 3 N–H and O–H groups in total. The van der Waals surface area contributed by atoms with Gasteiger partial charge in [-0.1, -0.05) is 43.3 Å². The van der Waals surface area contributed by atoms with Crippen molar-refractivity contribution in [3.05, 3.63) is 65.2 Å². The van der Waals surface area contributed by atoms with E-state index in [-0.39, 0.29) is 24.0 Å². The third-order valence-electron chi connectivity index (χ3n) is 5.13. The monoisotopic (exact) mass is 493 g/mol. The summed E-state index contributed by atoms with van der Waals surface area (Å²) < 4.78 is 0. The summed E-state index contributed by atoms with van der Waals surface area (Å²) in [5, 5.41) is 3.18. The van der Waals surface area contributed by atoms with E-state index in [1.807, 2.05) is 12.1 Å². The molecule has 0 radical (unpaired) electrons. The van der Waals surface area contributed by atoms with Crippen molar-refractivity contribution in [3.63, 3.8) is 0 Å². The van der Waals surface area contributed by atoms with Gasteiger partial charge in [0.1, 0.15) is 0 Å². The van der Waals surface area contributed by atoms with Gasteiger partial charge in [0.2, 0.25) is 0 Å². The number of benzene rings is 2. The number of hydrogen-bond acceptors (Lipinski definition) is 3. The Kier molecular flexibility index (Phi) is 9.21. The van der Waals surface area contributed by atoms with E-state index in [9.17, 15) is 0 Å². The van der Waals surface area contributed by atoms with Gasteiger partial charge in [-0.3, -0.25) is 4.90 Å². The van der Waals surface area contributed by atoms with Crippen LogP contribution in [0.1, 0.15) is 23.6 Å². The predicted octanol–water partition coefficient (Wildman–Crippen LogP) is 3.68. The molecule has 2 aromatic carbocycles. The number of aliphatic imine (C=N–C) groups is 1. The summed E-state index contributed by atoms with van der Waals surface area (Å²) in [6.07, 6.45) is 0. The Hall–Kier alpha value is -1.64. The average molecular weight is 493 g/mol. The van der Waals surface area contributed by atoms with Crippen molar-refractivity contribution in [2.75, 3.05) is 38.0 Å². The SMILES string of the molecule is CCN1CCN(Cc2ccccc2CN=C(N)Nc2cccc(C)c2)CC1.I. The summed E-state index contributed by atoms with van der Waals surface area (Å²) in [7, 11) is 0. The number of guanidine groups is 1. The highest BCUT2D eigenvalue weighted by atomic mass is 127. The van der Waals surface area contributed by atoms with Crippen molar-refractivity contribution >= 4 is 35.6 Å². The molecule has 28 heavy (non-hydrogen) atoms. The van der Waals surface area contributed by atoms with Gasteiger partial charge in [0, 0.05) is 38.4 Å². The van der Waals surface area contributed by atoms with Gasteiger partial charge >= 0.3 is 0 Å². The number of aryl methyl sites for hydroxylation is 1. The van der Waals surface area contributed by atoms with Crippen LogP contribution in [0, 0.1) is 6.92 Å². The van der Waals surface area contributed by atoms with Crippen molar-refractivity contribution in [3.8, 4) is 0 Å². The number of rotatable bonds is 6. The fraction of sp³-hybridized carbons (Fsp3) is 0.409. The number of halogens is 1. The Morgan fingerprint density at radius 3 is 2.36 bits per heavy atom. The highest BCUT2D eigenvalue weighted by Crippen LogP contribution is 2.15. The minimum atomic E-state index is 0. The topological polar surface area (TPSA) is 56.9 Å². The number of anilines is 1. The molecule has 0 amide bonds. The molecular formula is C22H32IN5. The van der Waals surface area contributed by atoms with E-state index in [0.29, 0.717) is 12.5 Å². The van der Waals surface area contributed by atoms with Gasteiger partial charge < -0.3 is 16.0 Å². The van der Waals surface area contributed by atoms with Crippen LogP contribution in [0.15, 0.2) is 53.5 Å². The van der Waals surface area contributed by atoms with Crippen LogP contribution >= 0.6 is 24.0 Å². The van der Waals surface area contributed by atoms with Gasteiger partial charge in [-0.25, -0.2) is 4.99 Å². The molecule has 1 heterocycles. The molecular weight excluding hydrogens is 461 g/mol. The van der Waals surface area contributed by atoms with Crippen LogP contribution in [-0.4, -0.2) is 48.5 Å². The molecule has 1 saturated heterocycles. The molecule has 5 nitrogen and oxygen atoms in total. The zero-order valence-corrected chi connectivity index (χ0v) is 19.2. The van der Waals surface area contributed by atoms with E-state index in [2.05, 4.69) is 70.4 Å². The fourth-order valence-corrected chi connectivity index (χ4v) is 3.45. The summed E-state index contributed by atoms with van der Waals surface area (Å²) in [6.45, 7) is 11.6. The van der Waals surface area contributed by atoms with Crippen molar-refractivity contribution in [2.45, 2.75) is 26.9 Å². The summed E-state index contributed by atoms with van der Waals surface area (Å²) in [5.41, 5.74) is 10.8. The van der Waals surface area contributed by atoms with Gasteiger partial charge in [-0.2, -0.15) is 0 Å². The normalized spacial score (nSPS) is 15.9. The van der Waals surface area contributed by atoms with Crippen LogP contribution in [0.25, 0.3) is 0 Å². The van der Waals surface area contributed by atoms with E-state index < -0.39 is 0 Å². The second-order valence-corrected chi connectivity index (χ2v) is 7.18. The van der Waals surface area contributed by atoms with Crippen LogP contribution in [0.4, 0.5) is 5.69 Å². The first-order valence-corrected chi connectivity index (χ1v) is 9.79. The highest BCUT2D eigenvalue weighted by molar-refractivity contribution is 14.0. The number of nitrogens with one attached hydrogen (secondary N) is 1. The molecule has 0 atom stereocenters. The van der Waals surface area contributed by atoms with E-state index in [1.54, 1.807) is 0 Å². The standard InChI is InChI=1S/C22H31N5.HI/c1-3-26-11-13-27(14-12-26)17-20-9-5-4-8-19(20)16-24-22(23)25-21-10-6-7-18(2)15-21;/h4-10,15H,3,11-14,16-17H2,1-2H3,(H3,23,24,25);1H. The second-order valence-electron chi connectivity index (χ2n) is 7.18. The molecule has 3 rings (SSSR count). The quantitative estimate of drug-likeness (QED) is 0.366. The molecule has 0 aromatic heterocycles. The first-order chi connectivity index (χ1) is 13.1. The maximum atomic E-state index is 6.09. The van der Waals surface area contributed by atoms with Crippen LogP contribution in [0.5, 0.6) is 0 Å². The predicted molar refractivity (Wildman–Crippen MR) is 129 cm³/mol.